The van der Waals surface area contributed by atoms with Crippen LogP contribution in [0.2, 0.25) is 0 Å². The first-order chi connectivity index (χ1) is 14.7. The Morgan fingerprint density at radius 2 is 1.67 bits per heavy atom. The molecule has 30 heavy (non-hydrogen) atoms. The van der Waals surface area contributed by atoms with Gasteiger partial charge in [-0.3, -0.25) is 4.79 Å². The topological polar surface area (TPSA) is 52.9 Å². The monoisotopic (exact) mass is 396 g/mol. The highest BCUT2D eigenvalue weighted by Crippen LogP contribution is 2.46. The zero-order chi connectivity index (χ0) is 21.1. The Hall–Kier alpha value is -3.12. The second-order valence-electron chi connectivity index (χ2n) is 8.28. The van der Waals surface area contributed by atoms with Gasteiger partial charge < -0.3 is 5.32 Å². The van der Waals surface area contributed by atoms with E-state index in [1.807, 2.05) is 31.2 Å². The van der Waals surface area contributed by atoms with E-state index in [9.17, 15) is 10.1 Å². The minimum absolute atomic E-state index is 0.0263. The largest absolute Gasteiger partial charge is 0.357 e. The van der Waals surface area contributed by atoms with Crippen LogP contribution in [0.1, 0.15) is 78.9 Å². The van der Waals surface area contributed by atoms with Crippen LogP contribution >= 0.6 is 0 Å². The van der Waals surface area contributed by atoms with Gasteiger partial charge in [0.25, 0.3) is 0 Å². The van der Waals surface area contributed by atoms with E-state index in [1.54, 1.807) is 0 Å². The molecule has 2 aromatic rings. The number of carbonyl (C=O) groups is 1. The smallest absolute Gasteiger partial charge is 0.192 e. The first-order valence-electron chi connectivity index (χ1n) is 11.0. The fraction of sp³-hybridized carbons (Fsp3) is 0.333. The molecule has 4 rings (SSSR count). The van der Waals surface area contributed by atoms with Crippen LogP contribution in [0.25, 0.3) is 5.70 Å². The van der Waals surface area contributed by atoms with Crippen molar-refractivity contribution in [2.75, 3.05) is 0 Å². The standard InChI is InChI=1S/C27H28N2O/c1-3-4-5-6-7-10-19-13-15-20(16-14-19)24-23(17-28)18(2)29-26-21-11-8-9-12-22(21)27(30)25(24)26/h8-9,11-16,24,29H,3-7,10H2,1-2H3. The molecule has 3 nitrogen and oxygen atoms in total. The van der Waals surface area contributed by atoms with Gasteiger partial charge in [-0.1, -0.05) is 81.1 Å². The minimum Gasteiger partial charge on any atom is -0.357 e. The van der Waals surface area contributed by atoms with Gasteiger partial charge in [-0.05, 0) is 30.9 Å². The molecule has 3 heteroatoms. The van der Waals surface area contributed by atoms with Crippen molar-refractivity contribution in [3.05, 3.63) is 87.6 Å². The maximum Gasteiger partial charge on any atom is 0.192 e. The van der Waals surface area contributed by atoms with Gasteiger partial charge in [0.05, 0.1) is 23.3 Å². The number of carbonyl (C=O) groups excluding carboxylic acids is 1. The van der Waals surface area contributed by atoms with Crippen molar-refractivity contribution >= 4 is 11.5 Å². The van der Waals surface area contributed by atoms with Crippen LogP contribution in [-0.4, -0.2) is 5.78 Å². The molecule has 1 unspecified atom stereocenters. The van der Waals surface area contributed by atoms with Gasteiger partial charge in [0, 0.05) is 22.4 Å². The van der Waals surface area contributed by atoms with Gasteiger partial charge in [-0.2, -0.15) is 5.26 Å². The molecular formula is C27H28N2O. The summed E-state index contributed by atoms with van der Waals surface area (Å²) in [5.74, 6) is -0.289. The molecule has 0 radical (unpaired) electrons. The summed E-state index contributed by atoms with van der Waals surface area (Å²) < 4.78 is 0. The lowest BCUT2D eigenvalue weighted by molar-refractivity contribution is 0.103. The van der Waals surface area contributed by atoms with Crippen LogP contribution in [0, 0.1) is 11.3 Å². The normalized spacial score (nSPS) is 17.5. The molecule has 152 valence electrons. The lowest BCUT2D eigenvalue weighted by Crippen LogP contribution is -2.24. The summed E-state index contributed by atoms with van der Waals surface area (Å²) in [7, 11) is 0. The second-order valence-corrected chi connectivity index (χ2v) is 8.28. The van der Waals surface area contributed by atoms with Crippen LogP contribution in [0.5, 0.6) is 0 Å². The number of nitriles is 1. The van der Waals surface area contributed by atoms with E-state index >= 15 is 0 Å². The third-order valence-corrected chi connectivity index (χ3v) is 6.25. The minimum atomic E-state index is -0.315. The van der Waals surface area contributed by atoms with Crippen molar-refractivity contribution in [2.24, 2.45) is 0 Å². The second kappa shape index (κ2) is 8.71. The number of Topliss-reactive ketones (excluding diaryl/α,β-unsaturated/α-hetero) is 1. The summed E-state index contributed by atoms with van der Waals surface area (Å²) in [5, 5.41) is 13.2. The lowest BCUT2D eigenvalue weighted by atomic mass is 9.80. The van der Waals surface area contributed by atoms with Crippen LogP contribution in [0.15, 0.2) is 65.4 Å². The Bertz CT molecular complexity index is 1070. The predicted molar refractivity (Wildman–Crippen MR) is 121 cm³/mol. The Kier molecular flexibility index (Phi) is 5.86. The molecule has 0 aromatic heterocycles. The summed E-state index contributed by atoms with van der Waals surface area (Å²) in [5.41, 5.74) is 6.99. The first kappa shape index (κ1) is 20.2. The molecule has 1 atom stereocenters. The van der Waals surface area contributed by atoms with E-state index in [0.29, 0.717) is 11.1 Å². The van der Waals surface area contributed by atoms with Gasteiger partial charge in [0.2, 0.25) is 0 Å². The van der Waals surface area contributed by atoms with Crippen molar-refractivity contribution in [2.45, 2.75) is 58.3 Å². The van der Waals surface area contributed by atoms with Gasteiger partial charge in [0.15, 0.2) is 5.78 Å². The highest BCUT2D eigenvalue weighted by molar-refractivity contribution is 6.22. The van der Waals surface area contributed by atoms with Gasteiger partial charge in [-0.25, -0.2) is 0 Å². The third-order valence-electron chi connectivity index (χ3n) is 6.25. The van der Waals surface area contributed by atoms with Crippen molar-refractivity contribution in [3.63, 3.8) is 0 Å². The summed E-state index contributed by atoms with van der Waals surface area (Å²) in [6.45, 7) is 4.16. The van der Waals surface area contributed by atoms with Crippen LogP contribution in [0.4, 0.5) is 0 Å². The highest BCUT2D eigenvalue weighted by Gasteiger charge is 2.40. The van der Waals surface area contributed by atoms with Crippen LogP contribution in [-0.2, 0) is 6.42 Å². The van der Waals surface area contributed by atoms with E-state index in [-0.39, 0.29) is 11.7 Å². The SMILES string of the molecule is CCCCCCCc1ccc(C2C(C#N)=C(C)NC3=C2C(=O)c2ccccc23)cc1. The number of hydrogen-bond acceptors (Lipinski definition) is 3. The summed E-state index contributed by atoms with van der Waals surface area (Å²) in [6, 6.07) is 18.6. The van der Waals surface area contributed by atoms with Crippen molar-refractivity contribution in [1.29, 1.82) is 5.26 Å². The summed E-state index contributed by atoms with van der Waals surface area (Å²) >= 11 is 0. The predicted octanol–water partition coefficient (Wildman–Crippen LogP) is 6.29. The summed E-state index contributed by atoms with van der Waals surface area (Å²) in [6.07, 6.45) is 7.43. The fourth-order valence-electron chi connectivity index (χ4n) is 4.62. The molecule has 0 bridgehead atoms. The molecule has 1 heterocycles. The number of nitrogens with zero attached hydrogens (tertiary/aromatic N) is 1. The maximum absolute atomic E-state index is 13.2. The molecule has 1 aliphatic heterocycles. The van der Waals surface area contributed by atoms with Crippen LogP contribution in [0.3, 0.4) is 0 Å². The zero-order valence-corrected chi connectivity index (χ0v) is 17.8. The number of nitrogens with one attached hydrogen (secondary N) is 1. The number of dihydropyridines is 1. The molecule has 0 amide bonds. The van der Waals surface area contributed by atoms with E-state index in [1.165, 1.54) is 37.7 Å². The van der Waals surface area contributed by atoms with E-state index in [4.69, 9.17) is 0 Å². The number of aryl methyl sites for hydroxylation is 1. The van der Waals surface area contributed by atoms with Crippen molar-refractivity contribution in [1.82, 2.24) is 5.32 Å². The molecule has 0 fully saturated rings. The molecule has 2 aliphatic rings. The average molecular weight is 397 g/mol. The number of fused-ring (bicyclic) bond motifs is 2. The van der Waals surface area contributed by atoms with E-state index < -0.39 is 0 Å². The van der Waals surface area contributed by atoms with Crippen molar-refractivity contribution in [3.8, 4) is 6.07 Å². The molecule has 0 spiro atoms. The average Bonchev–Trinajstić information content (AvgIpc) is 3.05. The zero-order valence-electron chi connectivity index (χ0n) is 17.8. The van der Waals surface area contributed by atoms with Crippen LogP contribution < -0.4 is 5.32 Å². The number of hydrogen-bond donors (Lipinski definition) is 1. The molecular weight excluding hydrogens is 368 g/mol. The molecule has 0 saturated heterocycles. The number of allylic oxidation sites excluding steroid dienone is 3. The third kappa shape index (κ3) is 3.59. The summed E-state index contributed by atoms with van der Waals surface area (Å²) in [4.78, 5) is 13.2. The molecule has 2 aromatic carbocycles. The van der Waals surface area contributed by atoms with Gasteiger partial charge >= 0.3 is 0 Å². The Balaban J connectivity index is 1.62. The fourth-order valence-corrected chi connectivity index (χ4v) is 4.62. The number of rotatable bonds is 7. The van der Waals surface area contributed by atoms with E-state index in [0.717, 1.165) is 34.5 Å². The first-order valence-corrected chi connectivity index (χ1v) is 11.0. The Labute approximate surface area is 179 Å². The molecule has 1 aliphatic carbocycles. The van der Waals surface area contributed by atoms with Gasteiger partial charge in [-0.15, -0.1) is 0 Å². The molecule has 0 saturated carbocycles. The quantitative estimate of drug-likeness (QED) is 0.559. The van der Waals surface area contributed by atoms with Gasteiger partial charge in [0.1, 0.15) is 0 Å². The highest BCUT2D eigenvalue weighted by atomic mass is 16.1. The number of ketones is 1. The maximum atomic E-state index is 13.2. The van der Waals surface area contributed by atoms with E-state index in [2.05, 4.69) is 42.6 Å². The van der Waals surface area contributed by atoms with Crippen molar-refractivity contribution < 1.29 is 4.79 Å². The lowest BCUT2D eigenvalue weighted by Gasteiger charge is -2.27. The Morgan fingerprint density at radius 1 is 0.967 bits per heavy atom. The number of unbranched alkanes of at least 4 members (excludes halogenated alkanes) is 4. The Morgan fingerprint density at radius 3 is 2.37 bits per heavy atom. The number of benzene rings is 2. The molecule has 1 N–H and O–H groups in total.